The number of ether oxygens (including phenoxy) is 6. The summed E-state index contributed by atoms with van der Waals surface area (Å²) in [7, 11) is 0. The van der Waals surface area contributed by atoms with Gasteiger partial charge in [-0.1, -0.05) is 12.1 Å². The second kappa shape index (κ2) is 5.51. The van der Waals surface area contributed by atoms with E-state index in [0.717, 1.165) is 16.9 Å². The van der Waals surface area contributed by atoms with Crippen molar-refractivity contribution in [1.82, 2.24) is 0 Å². The van der Waals surface area contributed by atoms with Crippen LogP contribution in [0.25, 0.3) is 0 Å². The largest absolute Gasteiger partial charge is 0.454 e. The summed E-state index contributed by atoms with van der Waals surface area (Å²) in [6.07, 6.45) is -0.737. The Balaban J connectivity index is 1.31. The molecule has 0 amide bonds. The molecule has 0 spiro atoms. The Bertz CT molecular complexity index is 913. The third-order valence-corrected chi connectivity index (χ3v) is 5.82. The lowest BCUT2D eigenvalue weighted by Gasteiger charge is -2.27. The van der Waals surface area contributed by atoms with Crippen LogP contribution in [0.5, 0.6) is 23.0 Å². The van der Waals surface area contributed by atoms with Crippen LogP contribution in [0.3, 0.4) is 0 Å². The van der Waals surface area contributed by atoms with Crippen LogP contribution in [0.1, 0.15) is 23.3 Å². The van der Waals surface area contributed by atoms with Gasteiger partial charge in [0.25, 0.3) is 0 Å². The van der Waals surface area contributed by atoms with E-state index in [4.69, 9.17) is 28.4 Å². The Morgan fingerprint density at radius 1 is 0.778 bits per heavy atom. The summed E-state index contributed by atoms with van der Waals surface area (Å²) < 4.78 is 33.7. The van der Waals surface area contributed by atoms with Crippen molar-refractivity contribution in [3.8, 4) is 23.0 Å². The van der Waals surface area contributed by atoms with Gasteiger partial charge in [0.05, 0.1) is 19.3 Å². The average molecular weight is 370 g/mol. The van der Waals surface area contributed by atoms with Gasteiger partial charge in [0.2, 0.25) is 13.6 Å². The molecule has 0 bridgehead atoms. The number of rotatable bonds is 2. The molecule has 2 aromatic rings. The molecule has 4 aliphatic rings. The van der Waals surface area contributed by atoms with E-state index >= 15 is 0 Å². The zero-order valence-corrected chi connectivity index (χ0v) is 14.4. The maximum atomic E-state index is 11.4. The second-order valence-electron chi connectivity index (χ2n) is 7.27. The number of hydrogen-bond acceptors (Lipinski definition) is 7. The van der Waals surface area contributed by atoms with Crippen LogP contribution in [-0.4, -0.2) is 37.5 Å². The second-order valence-corrected chi connectivity index (χ2v) is 7.27. The van der Waals surface area contributed by atoms with Crippen molar-refractivity contribution in [3.63, 3.8) is 0 Å². The van der Waals surface area contributed by atoms with Crippen LogP contribution >= 0.6 is 0 Å². The Morgan fingerprint density at radius 3 is 2.15 bits per heavy atom. The highest BCUT2D eigenvalue weighted by atomic mass is 16.7. The third-order valence-electron chi connectivity index (χ3n) is 5.82. The quantitative estimate of drug-likeness (QED) is 0.870. The van der Waals surface area contributed by atoms with Crippen molar-refractivity contribution in [1.29, 1.82) is 0 Å². The molecule has 7 heteroatoms. The van der Waals surface area contributed by atoms with Crippen LogP contribution in [0.15, 0.2) is 36.4 Å². The Hall–Kier alpha value is -2.48. The maximum absolute atomic E-state index is 11.4. The zero-order valence-electron chi connectivity index (χ0n) is 14.4. The smallest absolute Gasteiger partial charge is 0.231 e. The normalized spacial score (nSPS) is 32.7. The number of hydrogen-bond donors (Lipinski definition) is 1. The van der Waals surface area contributed by atoms with Crippen LogP contribution in [0, 0.1) is 5.92 Å². The molecule has 6 rings (SSSR count). The molecule has 140 valence electrons. The van der Waals surface area contributed by atoms with Gasteiger partial charge in [0, 0.05) is 5.92 Å². The molecule has 1 N–H and O–H groups in total. The van der Waals surface area contributed by atoms with Gasteiger partial charge in [-0.25, -0.2) is 0 Å². The maximum Gasteiger partial charge on any atom is 0.231 e. The highest BCUT2D eigenvalue weighted by Gasteiger charge is 2.59. The van der Waals surface area contributed by atoms with Crippen molar-refractivity contribution in [2.75, 3.05) is 26.8 Å². The SMILES string of the molecule is O[C@]12COC(c3ccc4c(c3)OCO4)[C@H]1CO[C@@H]2c1ccc2c(c1)OCO2. The number of benzene rings is 2. The fourth-order valence-corrected chi connectivity index (χ4v) is 4.43. The molecule has 27 heavy (non-hydrogen) atoms. The molecule has 2 aromatic carbocycles. The van der Waals surface area contributed by atoms with E-state index in [1.807, 2.05) is 36.4 Å². The molecule has 0 aromatic heterocycles. The summed E-state index contributed by atoms with van der Waals surface area (Å²) in [4.78, 5) is 0. The highest BCUT2D eigenvalue weighted by molar-refractivity contribution is 5.47. The van der Waals surface area contributed by atoms with E-state index < -0.39 is 11.7 Å². The average Bonchev–Trinajstić information content (AvgIpc) is 3.43. The van der Waals surface area contributed by atoms with Crippen molar-refractivity contribution < 1.29 is 33.5 Å². The summed E-state index contributed by atoms with van der Waals surface area (Å²) in [6, 6.07) is 11.4. The Morgan fingerprint density at radius 2 is 1.41 bits per heavy atom. The van der Waals surface area contributed by atoms with Crippen LogP contribution < -0.4 is 18.9 Å². The summed E-state index contributed by atoms with van der Waals surface area (Å²) in [5, 5.41) is 11.4. The molecule has 0 aliphatic carbocycles. The van der Waals surface area contributed by atoms with E-state index in [1.54, 1.807) is 0 Å². The van der Waals surface area contributed by atoms with Gasteiger partial charge in [-0.05, 0) is 35.4 Å². The molecule has 4 aliphatic heterocycles. The third kappa shape index (κ3) is 2.19. The first kappa shape index (κ1) is 15.6. The first-order valence-electron chi connectivity index (χ1n) is 8.97. The summed E-state index contributed by atoms with van der Waals surface area (Å²) in [6.45, 7) is 1.06. The first-order valence-corrected chi connectivity index (χ1v) is 8.97. The van der Waals surface area contributed by atoms with Gasteiger partial charge in [-0.3, -0.25) is 0 Å². The van der Waals surface area contributed by atoms with Gasteiger partial charge < -0.3 is 33.5 Å². The molecular weight excluding hydrogens is 352 g/mol. The van der Waals surface area contributed by atoms with E-state index in [9.17, 15) is 5.11 Å². The molecule has 2 saturated heterocycles. The summed E-state index contributed by atoms with van der Waals surface area (Å²) in [5.41, 5.74) is 0.712. The minimum Gasteiger partial charge on any atom is -0.454 e. The van der Waals surface area contributed by atoms with Gasteiger partial charge >= 0.3 is 0 Å². The van der Waals surface area contributed by atoms with Crippen molar-refractivity contribution >= 4 is 0 Å². The standard InChI is InChI=1S/C20H18O7/c21-20-8-23-18(11-1-3-14-16(5-11)26-9-24-14)13(20)7-22-19(20)12-2-4-15-17(6-12)27-10-25-15/h1-6,13,18-19,21H,7-10H2/t13-,18?,19-,20-/m1/s1. The van der Waals surface area contributed by atoms with Crippen LogP contribution in [0.2, 0.25) is 0 Å². The minimum atomic E-state index is -1.10. The van der Waals surface area contributed by atoms with E-state index in [0.29, 0.717) is 23.9 Å². The number of fused-ring (bicyclic) bond motifs is 3. The lowest BCUT2D eigenvalue weighted by atomic mass is 9.81. The van der Waals surface area contributed by atoms with Gasteiger partial charge in [-0.15, -0.1) is 0 Å². The Labute approximate surface area is 155 Å². The highest BCUT2D eigenvalue weighted by Crippen LogP contribution is 2.54. The lowest BCUT2D eigenvalue weighted by molar-refractivity contribution is -0.0628. The van der Waals surface area contributed by atoms with Gasteiger partial charge in [0.15, 0.2) is 23.0 Å². The monoisotopic (exact) mass is 370 g/mol. The Kier molecular flexibility index (Phi) is 3.18. The van der Waals surface area contributed by atoms with Gasteiger partial charge in [0.1, 0.15) is 11.7 Å². The fraction of sp³-hybridized carbons (Fsp3) is 0.400. The zero-order chi connectivity index (χ0) is 18.0. The predicted molar refractivity (Wildman–Crippen MR) is 91.0 cm³/mol. The van der Waals surface area contributed by atoms with E-state index in [1.165, 1.54) is 0 Å². The molecule has 0 radical (unpaired) electrons. The minimum absolute atomic E-state index is 0.173. The molecule has 0 saturated carbocycles. The molecule has 7 nitrogen and oxygen atoms in total. The fourth-order valence-electron chi connectivity index (χ4n) is 4.43. The van der Waals surface area contributed by atoms with E-state index in [2.05, 4.69) is 0 Å². The van der Waals surface area contributed by atoms with Crippen LogP contribution in [0.4, 0.5) is 0 Å². The van der Waals surface area contributed by atoms with Gasteiger partial charge in [-0.2, -0.15) is 0 Å². The molecule has 2 fully saturated rings. The van der Waals surface area contributed by atoms with Crippen LogP contribution in [-0.2, 0) is 9.47 Å². The summed E-state index contributed by atoms with van der Waals surface area (Å²) >= 11 is 0. The first-order chi connectivity index (χ1) is 13.2. The molecule has 4 heterocycles. The topological polar surface area (TPSA) is 75.6 Å². The molecule has 1 unspecified atom stereocenters. The molecular formula is C20H18O7. The van der Waals surface area contributed by atoms with E-state index in [-0.39, 0.29) is 32.2 Å². The van der Waals surface area contributed by atoms with Crippen molar-refractivity contribution in [2.24, 2.45) is 5.92 Å². The lowest BCUT2D eigenvalue weighted by Crippen LogP contribution is -2.39. The number of aliphatic hydroxyl groups is 1. The van der Waals surface area contributed by atoms with Crippen molar-refractivity contribution in [2.45, 2.75) is 17.8 Å². The summed E-state index contributed by atoms with van der Waals surface area (Å²) in [5.74, 6) is 2.65. The predicted octanol–water partition coefficient (Wildman–Crippen LogP) is 2.33. The van der Waals surface area contributed by atoms with Crippen molar-refractivity contribution in [3.05, 3.63) is 47.5 Å². The molecule has 4 atom stereocenters.